The van der Waals surface area contributed by atoms with Gasteiger partial charge in [-0.2, -0.15) is 3.71 Å². The molecule has 0 saturated heterocycles. The predicted molar refractivity (Wildman–Crippen MR) is 106 cm³/mol. The van der Waals surface area contributed by atoms with Crippen molar-refractivity contribution in [2.24, 2.45) is 0 Å². The number of anilines is 1. The van der Waals surface area contributed by atoms with Gasteiger partial charge in [-0.25, -0.2) is 16.8 Å². The summed E-state index contributed by atoms with van der Waals surface area (Å²) in [6.07, 6.45) is 0. The maximum absolute atomic E-state index is 13.3. The third-order valence-corrected chi connectivity index (χ3v) is 8.19. The molecule has 3 aromatic rings. The zero-order valence-electron chi connectivity index (χ0n) is 14.9. The van der Waals surface area contributed by atoms with Crippen molar-refractivity contribution in [1.82, 2.24) is 0 Å². The van der Waals surface area contributed by atoms with Crippen LogP contribution < -0.4 is 3.71 Å². The number of rotatable bonds is 6. The van der Waals surface area contributed by atoms with Crippen LogP contribution in [0.1, 0.15) is 17.3 Å². The fourth-order valence-electron chi connectivity index (χ4n) is 2.62. The number of hydrogen-bond acceptors (Lipinski definition) is 5. The Morgan fingerprint density at radius 1 is 0.679 bits per heavy atom. The van der Waals surface area contributed by atoms with Crippen LogP contribution in [0.2, 0.25) is 0 Å². The molecule has 0 amide bonds. The highest BCUT2D eigenvalue weighted by Gasteiger charge is 2.37. The average molecular weight is 415 g/mol. The first kappa shape index (κ1) is 19.8. The van der Waals surface area contributed by atoms with Gasteiger partial charge in [-0.1, -0.05) is 48.5 Å². The van der Waals surface area contributed by atoms with E-state index in [4.69, 9.17) is 0 Å². The Labute approximate surface area is 164 Å². The molecule has 0 saturated carbocycles. The standard InChI is InChI=1S/C20H17NO5S2/c1-16(22)17-9-8-10-18(15-17)21(27(23,24)19-11-4-2-5-12-19)28(25,26)20-13-6-3-7-14-20/h2-15H,1H3. The van der Waals surface area contributed by atoms with Crippen LogP contribution in [0.25, 0.3) is 0 Å². The molecule has 6 nitrogen and oxygen atoms in total. The fourth-order valence-corrected chi connectivity index (χ4v) is 6.34. The lowest BCUT2D eigenvalue weighted by Gasteiger charge is -2.24. The van der Waals surface area contributed by atoms with Gasteiger partial charge in [-0.05, 0) is 43.3 Å². The number of hydrogen-bond donors (Lipinski definition) is 0. The average Bonchev–Trinajstić information content (AvgIpc) is 2.69. The summed E-state index contributed by atoms with van der Waals surface area (Å²) in [5.74, 6) is -0.309. The van der Waals surface area contributed by atoms with Crippen LogP contribution in [0.5, 0.6) is 0 Å². The molecule has 0 aromatic heterocycles. The van der Waals surface area contributed by atoms with Crippen LogP contribution in [0, 0.1) is 0 Å². The summed E-state index contributed by atoms with van der Waals surface area (Å²) >= 11 is 0. The zero-order valence-corrected chi connectivity index (χ0v) is 16.5. The summed E-state index contributed by atoms with van der Waals surface area (Å²) in [6, 6.07) is 20.1. The van der Waals surface area contributed by atoms with Gasteiger partial charge in [0.1, 0.15) is 0 Å². The molecule has 8 heteroatoms. The highest BCUT2D eigenvalue weighted by Crippen LogP contribution is 2.31. The minimum absolute atomic E-state index is 0.139. The van der Waals surface area contributed by atoms with Gasteiger partial charge in [-0.15, -0.1) is 0 Å². The first-order chi connectivity index (χ1) is 13.2. The van der Waals surface area contributed by atoms with Gasteiger partial charge < -0.3 is 0 Å². The van der Waals surface area contributed by atoms with E-state index >= 15 is 0 Å². The highest BCUT2D eigenvalue weighted by atomic mass is 32.3. The Hall–Kier alpha value is -2.97. The predicted octanol–water partition coefficient (Wildman–Crippen LogP) is 3.47. The Morgan fingerprint density at radius 2 is 1.14 bits per heavy atom. The molecular weight excluding hydrogens is 398 g/mol. The van der Waals surface area contributed by atoms with E-state index in [1.165, 1.54) is 79.7 Å². The Kier molecular flexibility index (Phi) is 5.35. The second-order valence-corrected chi connectivity index (χ2v) is 9.74. The van der Waals surface area contributed by atoms with Crippen molar-refractivity contribution in [3.63, 3.8) is 0 Å². The van der Waals surface area contributed by atoms with E-state index in [0.717, 1.165) is 0 Å². The molecule has 0 aliphatic carbocycles. The van der Waals surface area contributed by atoms with Gasteiger partial charge in [0.15, 0.2) is 5.78 Å². The molecule has 0 radical (unpaired) electrons. The summed E-state index contributed by atoms with van der Waals surface area (Å²) in [5.41, 5.74) is 0.0643. The van der Waals surface area contributed by atoms with E-state index in [1.807, 2.05) is 0 Å². The molecule has 0 unspecified atom stereocenters. The SMILES string of the molecule is CC(=O)c1cccc(N(S(=O)(=O)c2ccccc2)S(=O)(=O)c2ccccc2)c1. The summed E-state index contributed by atoms with van der Waals surface area (Å²) in [4.78, 5) is 11.4. The van der Waals surface area contributed by atoms with Crippen LogP contribution in [0.15, 0.2) is 94.7 Å². The normalized spacial score (nSPS) is 11.8. The lowest BCUT2D eigenvalue weighted by atomic mass is 10.1. The summed E-state index contributed by atoms with van der Waals surface area (Å²) in [7, 11) is -8.94. The largest absolute Gasteiger partial charge is 0.295 e. The van der Waals surface area contributed by atoms with Crippen LogP contribution in [-0.2, 0) is 20.0 Å². The van der Waals surface area contributed by atoms with Crippen molar-refractivity contribution in [1.29, 1.82) is 0 Å². The van der Waals surface area contributed by atoms with Crippen molar-refractivity contribution in [3.05, 3.63) is 90.5 Å². The number of Topliss-reactive ketones (excluding diaryl/α,β-unsaturated/α-hetero) is 1. The fraction of sp³-hybridized carbons (Fsp3) is 0.0500. The van der Waals surface area contributed by atoms with Crippen molar-refractivity contribution < 1.29 is 21.6 Å². The smallest absolute Gasteiger partial charge is 0.277 e. The Morgan fingerprint density at radius 3 is 1.57 bits per heavy atom. The molecule has 0 bridgehead atoms. The van der Waals surface area contributed by atoms with E-state index in [2.05, 4.69) is 0 Å². The second-order valence-electron chi connectivity index (χ2n) is 5.94. The van der Waals surface area contributed by atoms with E-state index < -0.39 is 20.0 Å². The number of ketones is 1. The Balaban J connectivity index is 2.30. The topological polar surface area (TPSA) is 88.6 Å². The van der Waals surface area contributed by atoms with E-state index in [1.54, 1.807) is 12.1 Å². The van der Waals surface area contributed by atoms with Gasteiger partial charge in [-0.3, -0.25) is 4.79 Å². The molecule has 0 atom stereocenters. The molecular formula is C20H17NO5S2. The monoisotopic (exact) mass is 415 g/mol. The summed E-state index contributed by atoms with van der Waals surface area (Å²) in [5, 5.41) is 0. The molecule has 0 aliphatic rings. The molecule has 0 aliphatic heterocycles. The molecule has 28 heavy (non-hydrogen) atoms. The van der Waals surface area contributed by atoms with Crippen molar-refractivity contribution in [2.45, 2.75) is 16.7 Å². The van der Waals surface area contributed by atoms with Crippen molar-refractivity contribution >= 4 is 31.5 Å². The molecule has 0 N–H and O–H groups in total. The van der Waals surface area contributed by atoms with E-state index in [-0.39, 0.29) is 26.8 Å². The summed E-state index contributed by atoms with van der Waals surface area (Å²) in [6.45, 7) is 1.32. The maximum Gasteiger partial charge on any atom is 0.277 e. The van der Waals surface area contributed by atoms with Crippen LogP contribution in [-0.4, -0.2) is 22.6 Å². The van der Waals surface area contributed by atoms with Gasteiger partial charge in [0.05, 0.1) is 15.5 Å². The zero-order chi connectivity index (χ0) is 20.4. The maximum atomic E-state index is 13.3. The molecule has 3 rings (SSSR count). The lowest BCUT2D eigenvalue weighted by molar-refractivity contribution is 0.101. The minimum Gasteiger partial charge on any atom is -0.295 e. The molecule has 0 spiro atoms. The molecule has 0 fully saturated rings. The van der Waals surface area contributed by atoms with Gasteiger partial charge in [0.25, 0.3) is 20.0 Å². The quantitative estimate of drug-likeness (QED) is 0.575. The molecule has 3 aromatic carbocycles. The second kappa shape index (κ2) is 7.57. The van der Waals surface area contributed by atoms with Crippen LogP contribution >= 0.6 is 0 Å². The van der Waals surface area contributed by atoms with Crippen LogP contribution in [0.4, 0.5) is 5.69 Å². The number of sulfonamides is 2. The summed E-state index contributed by atoms with van der Waals surface area (Å²) < 4.78 is 53.6. The van der Waals surface area contributed by atoms with Gasteiger partial charge in [0, 0.05) is 5.56 Å². The van der Waals surface area contributed by atoms with Gasteiger partial charge in [0.2, 0.25) is 0 Å². The number of nitrogens with zero attached hydrogens (tertiary/aromatic N) is 1. The number of carbonyl (C=O) groups excluding carboxylic acids is 1. The van der Waals surface area contributed by atoms with Crippen LogP contribution in [0.3, 0.4) is 0 Å². The lowest BCUT2D eigenvalue weighted by Crippen LogP contribution is -2.37. The number of benzene rings is 3. The first-order valence-electron chi connectivity index (χ1n) is 8.26. The first-order valence-corrected chi connectivity index (χ1v) is 11.1. The minimum atomic E-state index is -4.47. The molecule has 144 valence electrons. The van der Waals surface area contributed by atoms with E-state index in [9.17, 15) is 21.6 Å². The third kappa shape index (κ3) is 3.69. The Bertz CT molecular complexity index is 1140. The van der Waals surface area contributed by atoms with Crippen molar-refractivity contribution in [2.75, 3.05) is 3.71 Å². The number of carbonyl (C=O) groups is 1. The highest BCUT2D eigenvalue weighted by molar-refractivity contribution is 8.10. The molecule has 0 heterocycles. The van der Waals surface area contributed by atoms with E-state index in [0.29, 0.717) is 3.71 Å². The van der Waals surface area contributed by atoms with Crippen molar-refractivity contribution in [3.8, 4) is 0 Å². The van der Waals surface area contributed by atoms with Gasteiger partial charge >= 0.3 is 0 Å². The third-order valence-electron chi connectivity index (χ3n) is 3.98.